The monoisotopic (exact) mass is 418 g/mol. The van der Waals surface area contributed by atoms with Gasteiger partial charge in [0.2, 0.25) is 5.56 Å². The molecule has 0 atom stereocenters. The number of nitrogens with zero attached hydrogens (tertiary/aromatic N) is 1. The van der Waals surface area contributed by atoms with Crippen LogP contribution in [-0.2, 0) is 14.6 Å². The molecular formula is C24H22N2O3S. The molecule has 152 valence electrons. The number of rotatable bonds is 4. The highest BCUT2D eigenvalue weighted by Crippen LogP contribution is 2.37. The zero-order chi connectivity index (χ0) is 21.5. The van der Waals surface area contributed by atoms with E-state index in [4.69, 9.17) is 0 Å². The summed E-state index contributed by atoms with van der Waals surface area (Å²) in [5.74, 6) is 0. The lowest BCUT2D eigenvalue weighted by molar-refractivity contribution is 0.562. The van der Waals surface area contributed by atoms with E-state index < -0.39 is 14.6 Å². The van der Waals surface area contributed by atoms with E-state index >= 15 is 0 Å². The third kappa shape index (κ3) is 3.55. The van der Waals surface area contributed by atoms with Gasteiger partial charge in [0.05, 0.1) is 10.3 Å². The summed E-state index contributed by atoms with van der Waals surface area (Å²) in [6, 6.07) is 20.5. The first kappa shape index (κ1) is 20.0. The van der Waals surface area contributed by atoms with Crippen LogP contribution in [0.15, 0.2) is 77.7 Å². The van der Waals surface area contributed by atoms with Crippen LogP contribution in [0.3, 0.4) is 0 Å². The van der Waals surface area contributed by atoms with Crippen molar-refractivity contribution in [3.05, 3.63) is 88.8 Å². The molecule has 4 aromatic rings. The van der Waals surface area contributed by atoms with E-state index in [1.54, 1.807) is 26.1 Å². The van der Waals surface area contributed by atoms with E-state index in [9.17, 15) is 13.2 Å². The number of sulfone groups is 1. The van der Waals surface area contributed by atoms with E-state index in [1.807, 2.05) is 54.6 Å². The molecule has 0 radical (unpaired) electrons. The standard InChI is InChI=1S/C24H22N2O3S/c1-24(2,30(3,28)29)20-15-19(14-18-9-6-12-25-23(18)20)16-7-4-8-17(13-16)21-10-5-11-22(27)26-21/h4-15H,1-3H3,(H,26,27). The highest BCUT2D eigenvalue weighted by molar-refractivity contribution is 7.91. The zero-order valence-corrected chi connectivity index (χ0v) is 17.8. The maximum atomic E-state index is 12.6. The van der Waals surface area contributed by atoms with Crippen molar-refractivity contribution in [2.45, 2.75) is 18.6 Å². The Bertz CT molecular complexity index is 1420. The largest absolute Gasteiger partial charge is 0.322 e. The van der Waals surface area contributed by atoms with Gasteiger partial charge in [-0.3, -0.25) is 9.78 Å². The molecule has 2 aromatic heterocycles. The van der Waals surface area contributed by atoms with Crippen LogP contribution in [-0.4, -0.2) is 24.6 Å². The first-order valence-electron chi connectivity index (χ1n) is 9.56. The molecule has 0 aliphatic carbocycles. The Morgan fingerprint density at radius 1 is 0.867 bits per heavy atom. The van der Waals surface area contributed by atoms with Gasteiger partial charge in [0.25, 0.3) is 0 Å². The predicted molar refractivity (Wildman–Crippen MR) is 121 cm³/mol. The second-order valence-electron chi connectivity index (χ2n) is 7.89. The Labute approximate surface area is 175 Å². The van der Waals surface area contributed by atoms with Crippen LogP contribution in [0.1, 0.15) is 19.4 Å². The van der Waals surface area contributed by atoms with Crippen molar-refractivity contribution in [2.24, 2.45) is 0 Å². The molecule has 0 amide bonds. The summed E-state index contributed by atoms with van der Waals surface area (Å²) in [6.07, 6.45) is 2.93. The van der Waals surface area contributed by atoms with E-state index in [0.29, 0.717) is 11.1 Å². The molecule has 0 fully saturated rings. The third-order valence-electron chi connectivity index (χ3n) is 5.56. The second kappa shape index (κ2) is 7.22. The Morgan fingerprint density at radius 2 is 1.60 bits per heavy atom. The molecule has 0 saturated heterocycles. The van der Waals surface area contributed by atoms with E-state index in [-0.39, 0.29) is 5.56 Å². The summed E-state index contributed by atoms with van der Waals surface area (Å²) in [5, 5.41) is 0.875. The molecule has 2 heterocycles. The lowest BCUT2D eigenvalue weighted by Gasteiger charge is -2.25. The molecule has 0 spiro atoms. The quantitative estimate of drug-likeness (QED) is 0.528. The van der Waals surface area contributed by atoms with Crippen molar-refractivity contribution < 1.29 is 8.42 Å². The van der Waals surface area contributed by atoms with Crippen molar-refractivity contribution in [1.82, 2.24) is 9.97 Å². The van der Waals surface area contributed by atoms with Gasteiger partial charge in [-0.15, -0.1) is 0 Å². The number of H-pyrrole nitrogens is 1. The van der Waals surface area contributed by atoms with Crippen molar-refractivity contribution in [1.29, 1.82) is 0 Å². The van der Waals surface area contributed by atoms with Crippen molar-refractivity contribution in [2.75, 3.05) is 6.26 Å². The van der Waals surface area contributed by atoms with Gasteiger partial charge >= 0.3 is 0 Å². The molecule has 0 aliphatic rings. The minimum absolute atomic E-state index is 0.160. The smallest absolute Gasteiger partial charge is 0.248 e. The van der Waals surface area contributed by atoms with Crippen molar-refractivity contribution in [3.8, 4) is 22.4 Å². The molecule has 0 saturated carbocycles. The minimum Gasteiger partial charge on any atom is -0.322 e. The number of pyridine rings is 2. The van der Waals surface area contributed by atoms with Gasteiger partial charge in [-0.1, -0.05) is 30.3 Å². The number of hydrogen-bond donors (Lipinski definition) is 1. The Morgan fingerprint density at radius 3 is 2.33 bits per heavy atom. The summed E-state index contributed by atoms with van der Waals surface area (Å²) in [4.78, 5) is 19.0. The van der Waals surface area contributed by atoms with Crippen LogP contribution >= 0.6 is 0 Å². The average molecular weight is 419 g/mol. The van der Waals surface area contributed by atoms with Crippen molar-refractivity contribution >= 4 is 20.7 Å². The molecule has 2 aromatic carbocycles. The van der Waals surface area contributed by atoms with E-state index in [1.165, 1.54) is 12.3 Å². The van der Waals surface area contributed by atoms with E-state index in [0.717, 1.165) is 27.8 Å². The highest BCUT2D eigenvalue weighted by Gasteiger charge is 2.34. The Kier molecular flexibility index (Phi) is 4.82. The number of hydrogen-bond acceptors (Lipinski definition) is 4. The van der Waals surface area contributed by atoms with Gasteiger partial charge in [0.15, 0.2) is 9.84 Å². The normalized spacial score (nSPS) is 12.2. The average Bonchev–Trinajstić information content (AvgIpc) is 2.72. The number of benzene rings is 2. The third-order valence-corrected chi connectivity index (χ3v) is 7.63. The summed E-state index contributed by atoms with van der Waals surface area (Å²) >= 11 is 0. The second-order valence-corrected chi connectivity index (χ2v) is 10.5. The zero-order valence-electron chi connectivity index (χ0n) is 17.0. The number of fused-ring (bicyclic) bond motifs is 1. The molecule has 30 heavy (non-hydrogen) atoms. The summed E-state index contributed by atoms with van der Waals surface area (Å²) in [5.41, 5.74) is 4.60. The van der Waals surface area contributed by atoms with E-state index in [2.05, 4.69) is 9.97 Å². The molecule has 0 aliphatic heterocycles. The summed E-state index contributed by atoms with van der Waals surface area (Å²) in [7, 11) is -3.38. The maximum Gasteiger partial charge on any atom is 0.248 e. The highest BCUT2D eigenvalue weighted by atomic mass is 32.2. The van der Waals surface area contributed by atoms with Gasteiger partial charge in [0.1, 0.15) is 0 Å². The van der Waals surface area contributed by atoms with Gasteiger partial charge in [-0.25, -0.2) is 8.42 Å². The Hall–Kier alpha value is -3.25. The number of aromatic nitrogens is 2. The molecule has 6 heteroatoms. The summed E-state index contributed by atoms with van der Waals surface area (Å²) < 4.78 is 24.0. The molecular weight excluding hydrogens is 396 g/mol. The van der Waals surface area contributed by atoms with Crippen LogP contribution in [0, 0.1) is 0 Å². The fraction of sp³-hybridized carbons (Fsp3) is 0.167. The van der Waals surface area contributed by atoms with Gasteiger partial charge in [-0.2, -0.15) is 0 Å². The molecule has 5 nitrogen and oxygen atoms in total. The van der Waals surface area contributed by atoms with Crippen molar-refractivity contribution in [3.63, 3.8) is 0 Å². The first-order chi connectivity index (χ1) is 14.2. The fourth-order valence-electron chi connectivity index (χ4n) is 3.50. The number of nitrogens with one attached hydrogen (secondary N) is 1. The van der Waals surface area contributed by atoms with Gasteiger partial charge in [0, 0.05) is 29.6 Å². The topological polar surface area (TPSA) is 79.9 Å². The molecule has 0 unspecified atom stereocenters. The Balaban J connectivity index is 1.95. The minimum atomic E-state index is -3.38. The maximum absolute atomic E-state index is 12.6. The van der Waals surface area contributed by atoms with Crippen LogP contribution < -0.4 is 5.56 Å². The van der Waals surface area contributed by atoms with Gasteiger partial charge in [-0.05, 0) is 66.4 Å². The lowest BCUT2D eigenvalue weighted by atomic mass is 9.92. The number of aromatic amines is 1. The fourth-order valence-corrected chi connectivity index (χ4v) is 4.06. The van der Waals surface area contributed by atoms with Crippen LogP contribution in [0.4, 0.5) is 0 Å². The molecule has 4 rings (SSSR count). The predicted octanol–water partition coefficient (Wildman–Crippen LogP) is 4.54. The lowest BCUT2D eigenvalue weighted by Crippen LogP contribution is -2.28. The molecule has 1 N–H and O–H groups in total. The summed E-state index contributed by atoms with van der Waals surface area (Å²) in [6.45, 7) is 3.42. The SMILES string of the molecule is CC(C)(c1cc(-c2cccc(-c3cccc(=O)[nH]3)c2)cc2cccnc12)S(C)(=O)=O. The van der Waals surface area contributed by atoms with Gasteiger partial charge < -0.3 is 4.98 Å². The van der Waals surface area contributed by atoms with Crippen LogP contribution in [0.2, 0.25) is 0 Å². The molecule has 0 bridgehead atoms. The first-order valence-corrected chi connectivity index (χ1v) is 11.4. The van der Waals surface area contributed by atoms with Crippen LogP contribution in [0.5, 0.6) is 0 Å². The van der Waals surface area contributed by atoms with Crippen LogP contribution in [0.25, 0.3) is 33.3 Å².